The van der Waals surface area contributed by atoms with Crippen LogP contribution in [0.2, 0.25) is 0 Å². The van der Waals surface area contributed by atoms with Crippen molar-refractivity contribution in [1.82, 2.24) is 24.1 Å². The SMILES string of the molecule is c1ccc(-c2ccc(-c3nc(-c4ccccc4)nc(-n4c5ccccc5c5ccc6c7ccc8c9ccccc9n(-c9ccc(-c%10ccccc%10)cc9)c8c7oc6c54)n3)cc2)cc1. The molecule has 0 N–H and O–H groups in total. The van der Waals surface area contributed by atoms with Crippen molar-refractivity contribution >= 4 is 65.6 Å². The van der Waals surface area contributed by atoms with E-state index < -0.39 is 0 Å². The minimum atomic E-state index is 0.517. The summed E-state index contributed by atoms with van der Waals surface area (Å²) in [5, 5.41) is 6.51. The van der Waals surface area contributed by atoms with E-state index in [1.165, 1.54) is 16.5 Å². The Balaban J connectivity index is 1.07. The minimum absolute atomic E-state index is 0.517. The zero-order valence-electron chi connectivity index (χ0n) is 33.9. The summed E-state index contributed by atoms with van der Waals surface area (Å²) in [7, 11) is 0. The normalized spacial score (nSPS) is 11.8. The maximum atomic E-state index is 7.33. The average molecular weight is 806 g/mol. The van der Waals surface area contributed by atoms with Gasteiger partial charge in [-0.25, -0.2) is 4.98 Å². The van der Waals surface area contributed by atoms with Crippen LogP contribution >= 0.6 is 0 Å². The molecule has 13 aromatic rings. The lowest BCUT2D eigenvalue weighted by atomic mass is 10.0. The third-order valence-electron chi connectivity index (χ3n) is 12.4. The highest BCUT2D eigenvalue weighted by Gasteiger charge is 2.24. The van der Waals surface area contributed by atoms with Gasteiger partial charge in [-0.2, -0.15) is 9.97 Å². The number of para-hydroxylation sites is 2. The van der Waals surface area contributed by atoms with Gasteiger partial charge < -0.3 is 8.98 Å². The highest BCUT2D eigenvalue weighted by Crippen LogP contribution is 2.44. The number of hydrogen-bond acceptors (Lipinski definition) is 4. The molecule has 63 heavy (non-hydrogen) atoms. The van der Waals surface area contributed by atoms with E-state index in [-0.39, 0.29) is 0 Å². The van der Waals surface area contributed by atoms with Gasteiger partial charge in [-0.3, -0.25) is 4.57 Å². The second-order valence-corrected chi connectivity index (χ2v) is 16.0. The lowest BCUT2D eigenvalue weighted by Gasteiger charge is -2.11. The van der Waals surface area contributed by atoms with Crippen LogP contribution in [0.3, 0.4) is 0 Å². The molecule has 0 radical (unpaired) electrons. The number of aromatic nitrogens is 5. The highest BCUT2D eigenvalue weighted by atomic mass is 16.3. The van der Waals surface area contributed by atoms with Crippen molar-refractivity contribution < 1.29 is 4.42 Å². The number of fused-ring (bicyclic) bond motifs is 11. The summed E-state index contributed by atoms with van der Waals surface area (Å²) in [5.74, 6) is 1.70. The van der Waals surface area contributed by atoms with Crippen molar-refractivity contribution in [2.75, 3.05) is 0 Å². The molecule has 0 saturated carbocycles. The van der Waals surface area contributed by atoms with Crippen LogP contribution in [0, 0.1) is 0 Å². The van der Waals surface area contributed by atoms with Crippen LogP contribution in [-0.4, -0.2) is 24.1 Å². The molecule has 0 fully saturated rings. The molecule has 6 heteroatoms. The Morgan fingerprint density at radius 3 is 1.21 bits per heavy atom. The van der Waals surface area contributed by atoms with E-state index in [9.17, 15) is 0 Å². The summed E-state index contributed by atoms with van der Waals surface area (Å²) in [6.45, 7) is 0. The van der Waals surface area contributed by atoms with Gasteiger partial charge in [-0.05, 0) is 58.7 Å². The quantitative estimate of drug-likeness (QED) is 0.168. The van der Waals surface area contributed by atoms with Crippen LogP contribution in [0.15, 0.2) is 217 Å². The second-order valence-electron chi connectivity index (χ2n) is 16.0. The second kappa shape index (κ2) is 14.0. The molecule has 0 saturated heterocycles. The van der Waals surface area contributed by atoms with Gasteiger partial charge in [-0.15, -0.1) is 0 Å². The van der Waals surface area contributed by atoms with Gasteiger partial charge in [0.1, 0.15) is 5.52 Å². The Morgan fingerprint density at radius 1 is 0.286 bits per heavy atom. The molecule has 0 amide bonds. The molecule has 294 valence electrons. The van der Waals surface area contributed by atoms with Gasteiger partial charge in [0.05, 0.1) is 16.6 Å². The predicted octanol–water partition coefficient (Wildman–Crippen LogP) is 14.6. The van der Waals surface area contributed by atoms with Gasteiger partial charge in [0.25, 0.3) is 0 Å². The number of furan rings is 1. The monoisotopic (exact) mass is 805 g/mol. The molecule has 0 unspecified atom stereocenters. The van der Waals surface area contributed by atoms with E-state index in [0.717, 1.165) is 88.1 Å². The Kier molecular flexibility index (Phi) is 7.80. The lowest BCUT2D eigenvalue weighted by molar-refractivity contribution is 0.673. The third-order valence-corrected chi connectivity index (χ3v) is 12.4. The number of rotatable bonds is 6. The lowest BCUT2D eigenvalue weighted by Crippen LogP contribution is -2.06. The molecule has 9 aromatic carbocycles. The maximum absolute atomic E-state index is 7.33. The molecule has 0 aliphatic rings. The van der Waals surface area contributed by atoms with Crippen LogP contribution in [0.1, 0.15) is 0 Å². The molecule has 0 bridgehead atoms. The summed E-state index contributed by atoms with van der Waals surface area (Å²) in [6.07, 6.45) is 0. The smallest absolute Gasteiger partial charge is 0.238 e. The van der Waals surface area contributed by atoms with E-state index in [4.69, 9.17) is 19.4 Å². The van der Waals surface area contributed by atoms with Crippen molar-refractivity contribution in [1.29, 1.82) is 0 Å². The van der Waals surface area contributed by atoms with E-state index in [2.05, 4.69) is 185 Å². The molecule has 13 rings (SSSR count). The molecule has 0 aliphatic heterocycles. The van der Waals surface area contributed by atoms with Crippen molar-refractivity contribution in [3.63, 3.8) is 0 Å². The zero-order chi connectivity index (χ0) is 41.4. The summed E-state index contributed by atoms with van der Waals surface area (Å²) >= 11 is 0. The van der Waals surface area contributed by atoms with Crippen LogP contribution in [0.25, 0.3) is 122 Å². The van der Waals surface area contributed by atoms with E-state index in [1.54, 1.807) is 0 Å². The van der Waals surface area contributed by atoms with Crippen molar-refractivity contribution in [3.8, 4) is 56.7 Å². The van der Waals surface area contributed by atoms with Crippen molar-refractivity contribution in [2.24, 2.45) is 0 Å². The number of nitrogens with zero attached hydrogens (tertiary/aromatic N) is 5. The molecular formula is C57H35N5O. The first kappa shape index (κ1) is 35.2. The summed E-state index contributed by atoms with van der Waals surface area (Å²) in [5.41, 5.74) is 13.2. The number of benzene rings is 9. The van der Waals surface area contributed by atoms with E-state index in [1.807, 2.05) is 36.4 Å². The number of hydrogen-bond donors (Lipinski definition) is 0. The first-order valence-electron chi connectivity index (χ1n) is 21.2. The Labute approximate surface area is 361 Å². The first-order chi connectivity index (χ1) is 31.2. The van der Waals surface area contributed by atoms with E-state index >= 15 is 0 Å². The first-order valence-corrected chi connectivity index (χ1v) is 21.2. The largest absolute Gasteiger partial charge is 0.452 e. The van der Waals surface area contributed by atoms with Crippen LogP contribution < -0.4 is 0 Å². The fourth-order valence-corrected chi connectivity index (χ4v) is 9.45. The van der Waals surface area contributed by atoms with Gasteiger partial charge in [0.15, 0.2) is 22.8 Å². The van der Waals surface area contributed by atoms with Gasteiger partial charge >= 0.3 is 0 Å². The zero-order valence-corrected chi connectivity index (χ0v) is 33.9. The van der Waals surface area contributed by atoms with Gasteiger partial charge in [0.2, 0.25) is 5.95 Å². The van der Waals surface area contributed by atoms with Crippen LogP contribution in [0.4, 0.5) is 0 Å². The summed E-state index contributed by atoms with van der Waals surface area (Å²) in [4.78, 5) is 15.6. The van der Waals surface area contributed by atoms with Crippen molar-refractivity contribution in [3.05, 3.63) is 212 Å². The molecule has 0 atom stereocenters. The summed E-state index contributed by atoms with van der Waals surface area (Å²) < 4.78 is 11.8. The Hall–Kier alpha value is -8.61. The molecule has 4 heterocycles. The Bertz CT molecular complexity index is 3870. The van der Waals surface area contributed by atoms with E-state index in [0.29, 0.717) is 17.6 Å². The fraction of sp³-hybridized carbons (Fsp3) is 0. The highest BCUT2D eigenvalue weighted by molar-refractivity contribution is 6.26. The van der Waals surface area contributed by atoms with Gasteiger partial charge in [-0.1, -0.05) is 176 Å². The fourth-order valence-electron chi connectivity index (χ4n) is 9.45. The summed E-state index contributed by atoms with van der Waals surface area (Å²) in [6, 6.07) is 74.3. The Morgan fingerprint density at radius 2 is 0.667 bits per heavy atom. The third kappa shape index (κ3) is 5.55. The molecule has 4 aromatic heterocycles. The predicted molar refractivity (Wildman–Crippen MR) is 258 cm³/mol. The topological polar surface area (TPSA) is 61.7 Å². The standard InChI is InChI=1S/C57H35N5O/c1-4-14-36(15-5-1)38-24-26-41(27-25-38)56-58-55(40-18-8-3-9-19-40)59-57(60-56)62-50-23-13-11-21-44(50)46-33-35-48-47-34-32-45-43-20-10-12-22-49(43)61(51(45)53(47)63-54(48)52(46)62)42-30-28-39(29-31-42)37-16-6-2-7-17-37/h1-35H. The van der Waals surface area contributed by atoms with Crippen molar-refractivity contribution in [2.45, 2.75) is 0 Å². The molecular weight excluding hydrogens is 771 g/mol. The van der Waals surface area contributed by atoms with Gasteiger partial charge in [0, 0.05) is 49.1 Å². The molecule has 0 spiro atoms. The maximum Gasteiger partial charge on any atom is 0.238 e. The average Bonchev–Trinajstić information content (AvgIpc) is 4.03. The van der Waals surface area contributed by atoms with Crippen LogP contribution in [-0.2, 0) is 0 Å². The molecule has 6 nitrogen and oxygen atoms in total. The minimum Gasteiger partial charge on any atom is -0.452 e. The molecule has 0 aliphatic carbocycles. The van der Waals surface area contributed by atoms with Crippen LogP contribution in [0.5, 0.6) is 0 Å².